The third kappa shape index (κ3) is 4.30. The highest BCUT2D eigenvalue weighted by atomic mass is 14.9. The molecule has 2 aromatic rings. The second-order valence-electron chi connectivity index (χ2n) is 5.67. The molecule has 2 nitrogen and oxygen atoms in total. The Morgan fingerprint density at radius 2 is 1.30 bits per heavy atom. The van der Waals surface area contributed by atoms with Gasteiger partial charge in [-0.25, -0.2) is 0 Å². The van der Waals surface area contributed by atoms with Crippen LogP contribution in [0, 0.1) is 11.8 Å². The summed E-state index contributed by atoms with van der Waals surface area (Å²) in [6.45, 7) is 7.82. The molecule has 20 heavy (non-hydrogen) atoms. The van der Waals surface area contributed by atoms with Gasteiger partial charge in [-0.15, -0.1) is 0 Å². The standard InChI is InChI=1S/C18H24N2/c1-14(2)15(3)13-19-16-9-11-18(12-10-16)20-17-7-5-4-6-8-17/h4-12,14-15,19-20H,13H2,1-3H3. The van der Waals surface area contributed by atoms with E-state index in [0.717, 1.165) is 17.9 Å². The normalized spacial score (nSPS) is 12.2. The third-order valence-corrected chi connectivity index (χ3v) is 3.71. The molecular weight excluding hydrogens is 244 g/mol. The van der Waals surface area contributed by atoms with Crippen molar-refractivity contribution in [3.8, 4) is 0 Å². The molecule has 0 bridgehead atoms. The Morgan fingerprint density at radius 1 is 0.750 bits per heavy atom. The monoisotopic (exact) mass is 268 g/mol. The predicted molar refractivity (Wildman–Crippen MR) is 88.7 cm³/mol. The Hall–Kier alpha value is -1.96. The quantitative estimate of drug-likeness (QED) is 0.758. The second-order valence-corrected chi connectivity index (χ2v) is 5.67. The van der Waals surface area contributed by atoms with Gasteiger partial charge in [-0.05, 0) is 48.2 Å². The minimum Gasteiger partial charge on any atom is -0.385 e. The van der Waals surface area contributed by atoms with Crippen LogP contribution in [0.3, 0.4) is 0 Å². The van der Waals surface area contributed by atoms with Crippen molar-refractivity contribution in [2.75, 3.05) is 17.2 Å². The molecule has 0 fully saturated rings. The van der Waals surface area contributed by atoms with Gasteiger partial charge in [0.05, 0.1) is 0 Å². The first-order chi connectivity index (χ1) is 9.65. The highest BCUT2D eigenvalue weighted by Gasteiger charge is 2.06. The largest absolute Gasteiger partial charge is 0.385 e. The van der Waals surface area contributed by atoms with Gasteiger partial charge in [0, 0.05) is 23.6 Å². The SMILES string of the molecule is CC(C)C(C)CNc1ccc(Nc2ccccc2)cc1. The van der Waals surface area contributed by atoms with Crippen LogP contribution < -0.4 is 10.6 Å². The summed E-state index contributed by atoms with van der Waals surface area (Å²) in [6.07, 6.45) is 0. The highest BCUT2D eigenvalue weighted by Crippen LogP contribution is 2.19. The van der Waals surface area contributed by atoms with Crippen molar-refractivity contribution in [2.24, 2.45) is 11.8 Å². The van der Waals surface area contributed by atoms with E-state index >= 15 is 0 Å². The molecule has 2 heteroatoms. The number of anilines is 3. The molecule has 0 amide bonds. The topological polar surface area (TPSA) is 24.1 Å². The maximum Gasteiger partial charge on any atom is 0.0385 e. The van der Waals surface area contributed by atoms with Crippen LogP contribution in [-0.2, 0) is 0 Å². The van der Waals surface area contributed by atoms with Crippen molar-refractivity contribution in [2.45, 2.75) is 20.8 Å². The van der Waals surface area contributed by atoms with Crippen LogP contribution in [0.1, 0.15) is 20.8 Å². The molecule has 1 unspecified atom stereocenters. The fraction of sp³-hybridized carbons (Fsp3) is 0.333. The Labute approximate surface area is 122 Å². The zero-order valence-corrected chi connectivity index (χ0v) is 12.6. The van der Waals surface area contributed by atoms with Gasteiger partial charge in [-0.2, -0.15) is 0 Å². The average Bonchev–Trinajstić information content (AvgIpc) is 2.47. The van der Waals surface area contributed by atoms with Crippen molar-refractivity contribution in [1.82, 2.24) is 0 Å². The van der Waals surface area contributed by atoms with E-state index in [1.54, 1.807) is 0 Å². The van der Waals surface area contributed by atoms with Crippen LogP contribution in [0.2, 0.25) is 0 Å². The van der Waals surface area contributed by atoms with E-state index in [1.807, 2.05) is 18.2 Å². The molecule has 0 heterocycles. The molecule has 2 aromatic carbocycles. The van der Waals surface area contributed by atoms with Gasteiger partial charge in [0.2, 0.25) is 0 Å². The van der Waals surface area contributed by atoms with Gasteiger partial charge in [0.1, 0.15) is 0 Å². The van der Waals surface area contributed by atoms with Gasteiger partial charge < -0.3 is 10.6 Å². The number of nitrogens with one attached hydrogen (secondary N) is 2. The van der Waals surface area contributed by atoms with Crippen LogP contribution in [0.25, 0.3) is 0 Å². The molecular formula is C18H24N2. The molecule has 2 N–H and O–H groups in total. The first kappa shape index (κ1) is 14.4. The van der Waals surface area contributed by atoms with E-state index in [-0.39, 0.29) is 0 Å². The molecule has 0 aliphatic rings. The van der Waals surface area contributed by atoms with Crippen molar-refractivity contribution < 1.29 is 0 Å². The average molecular weight is 268 g/mol. The predicted octanol–water partition coefficient (Wildman–Crippen LogP) is 5.13. The van der Waals surface area contributed by atoms with Gasteiger partial charge in [-0.3, -0.25) is 0 Å². The first-order valence-electron chi connectivity index (χ1n) is 7.31. The van der Waals surface area contributed by atoms with Gasteiger partial charge in [0.15, 0.2) is 0 Å². The summed E-state index contributed by atoms with van der Waals surface area (Å²) in [5, 5.41) is 6.88. The summed E-state index contributed by atoms with van der Waals surface area (Å²) < 4.78 is 0. The van der Waals surface area contributed by atoms with Crippen molar-refractivity contribution in [1.29, 1.82) is 0 Å². The summed E-state index contributed by atoms with van der Waals surface area (Å²) in [5.74, 6) is 1.39. The van der Waals surface area contributed by atoms with Gasteiger partial charge in [-0.1, -0.05) is 39.0 Å². The van der Waals surface area contributed by atoms with Gasteiger partial charge in [0.25, 0.3) is 0 Å². The molecule has 2 rings (SSSR count). The van der Waals surface area contributed by atoms with E-state index in [2.05, 4.69) is 67.8 Å². The Balaban J connectivity index is 1.90. The smallest absolute Gasteiger partial charge is 0.0385 e. The molecule has 0 spiro atoms. The van der Waals surface area contributed by atoms with Crippen molar-refractivity contribution in [3.05, 3.63) is 54.6 Å². The lowest BCUT2D eigenvalue weighted by Gasteiger charge is -2.17. The van der Waals surface area contributed by atoms with Crippen LogP contribution in [0.15, 0.2) is 54.6 Å². The number of hydrogen-bond donors (Lipinski definition) is 2. The van der Waals surface area contributed by atoms with E-state index in [4.69, 9.17) is 0 Å². The summed E-state index contributed by atoms with van der Waals surface area (Å²) in [5.41, 5.74) is 3.40. The van der Waals surface area contributed by atoms with E-state index < -0.39 is 0 Å². The lowest BCUT2D eigenvalue weighted by Crippen LogP contribution is -2.16. The molecule has 106 valence electrons. The molecule has 0 aliphatic carbocycles. The van der Waals surface area contributed by atoms with Crippen LogP contribution in [-0.4, -0.2) is 6.54 Å². The fourth-order valence-corrected chi connectivity index (χ4v) is 1.87. The molecule has 0 saturated heterocycles. The molecule has 0 aromatic heterocycles. The summed E-state index contributed by atoms with van der Waals surface area (Å²) >= 11 is 0. The summed E-state index contributed by atoms with van der Waals surface area (Å²) in [6, 6.07) is 18.7. The fourth-order valence-electron chi connectivity index (χ4n) is 1.87. The van der Waals surface area contributed by atoms with Crippen molar-refractivity contribution >= 4 is 17.1 Å². The minimum atomic E-state index is 0.678. The highest BCUT2D eigenvalue weighted by molar-refractivity contribution is 5.62. The number of para-hydroxylation sites is 1. The summed E-state index contributed by atoms with van der Waals surface area (Å²) in [4.78, 5) is 0. The third-order valence-electron chi connectivity index (χ3n) is 3.71. The lowest BCUT2D eigenvalue weighted by atomic mass is 9.98. The molecule has 0 saturated carbocycles. The van der Waals surface area contributed by atoms with E-state index in [9.17, 15) is 0 Å². The molecule has 1 atom stereocenters. The van der Waals surface area contributed by atoms with Crippen LogP contribution in [0.5, 0.6) is 0 Å². The number of benzene rings is 2. The first-order valence-corrected chi connectivity index (χ1v) is 7.31. The van der Waals surface area contributed by atoms with Gasteiger partial charge >= 0.3 is 0 Å². The van der Waals surface area contributed by atoms with Crippen LogP contribution in [0.4, 0.5) is 17.1 Å². The molecule has 0 radical (unpaired) electrons. The van der Waals surface area contributed by atoms with E-state index in [0.29, 0.717) is 11.8 Å². The Morgan fingerprint density at radius 3 is 1.90 bits per heavy atom. The van der Waals surface area contributed by atoms with Crippen LogP contribution >= 0.6 is 0 Å². The maximum absolute atomic E-state index is 3.49. The second kappa shape index (κ2) is 6.99. The van der Waals surface area contributed by atoms with E-state index in [1.165, 1.54) is 5.69 Å². The van der Waals surface area contributed by atoms with Crippen molar-refractivity contribution in [3.63, 3.8) is 0 Å². The Kier molecular flexibility index (Phi) is 5.05. The summed E-state index contributed by atoms with van der Waals surface area (Å²) in [7, 11) is 0. The zero-order chi connectivity index (χ0) is 14.4. The maximum atomic E-state index is 3.49. The number of rotatable bonds is 6. The lowest BCUT2D eigenvalue weighted by molar-refractivity contribution is 0.440. The molecule has 0 aliphatic heterocycles. The Bertz CT molecular complexity index is 503. The number of hydrogen-bond acceptors (Lipinski definition) is 2. The minimum absolute atomic E-state index is 0.678. The zero-order valence-electron chi connectivity index (χ0n) is 12.6.